The maximum atomic E-state index is 4.04. The van der Waals surface area contributed by atoms with Crippen LogP contribution in [-0.2, 0) is 6.54 Å². The number of nitrogens with one attached hydrogen (secondary N) is 2. The molecule has 0 saturated heterocycles. The summed E-state index contributed by atoms with van der Waals surface area (Å²) < 4.78 is 0.967. The summed E-state index contributed by atoms with van der Waals surface area (Å²) in [5, 5.41) is 10.3. The van der Waals surface area contributed by atoms with E-state index in [2.05, 4.69) is 60.7 Å². The highest BCUT2D eigenvalue weighted by molar-refractivity contribution is 9.10. The van der Waals surface area contributed by atoms with Gasteiger partial charge in [0.25, 0.3) is 0 Å². The molecule has 0 fully saturated rings. The fourth-order valence-electron chi connectivity index (χ4n) is 1.93. The Hall–Kier alpha value is -2.14. The highest BCUT2D eigenvalue weighted by Gasteiger charge is 2.01. The number of hydrogen-bond acceptors (Lipinski definition) is 3. The van der Waals surface area contributed by atoms with Crippen molar-refractivity contribution in [3.05, 3.63) is 65.0 Å². The van der Waals surface area contributed by atoms with Gasteiger partial charge in [0.15, 0.2) is 0 Å². The number of aromatic nitrogens is 3. The fourth-order valence-corrected chi connectivity index (χ4v) is 2.33. The summed E-state index contributed by atoms with van der Waals surface area (Å²) in [7, 11) is 0. The van der Waals surface area contributed by atoms with Gasteiger partial charge in [-0.05, 0) is 39.2 Å². The van der Waals surface area contributed by atoms with Crippen LogP contribution in [0.5, 0.6) is 0 Å². The third-order valence-corrected chi connectivity index (χ3v) is 3.65. The normalized spacial score (nSPS) is 10.4. The Bertz CT molecular complexity index is 677. The Morgan fingerprint density at radius 1 is 1.05 bits per heavy atom. The molecule has 0 aliphatic carbocycles. The van der Waals surface area contributed by atoms with Crippen molar-refractivity contribution in [2.45, 2.75) is 6.54 Å². The average molecular weight is 329 g/mol. The molecule has 0 radical (unpaired) electrons. The Morgan fingerprint density at radius 2 is 1.90 bits per heavy atom. The van der Waals surface area contributed by atoms with Crippen LogP contribution < -0.4 is 5.32 Å². The molecule has 3 rings (SSSR count). The Kier molecular flexibility index (Phi) is 3.78. The molecule has 4 nitrogen and oxygen atoms in total. The second kappa shape index (κ2) is 5.88. The van der Waals surface area contributed by atoms with Gasteiger partial charge in [-0.2, -0.15) is 5.10 Å². The van der Waals surface area contributed by atoms with E-state index in [-0.39, 0.29) is 0 Å². The van der Waals surface area contributed by atoms with Crippen LogP contribution in [-0.4, -0.2) is 15.2 Å². The molecule has 2 heterocycles. The number of pyridine rings is 1. The van der Waals surface area contributed by atoms with Crippen LogP contribution in [0, 0.1) is 0 Å². The number of nitrogens with zero attached hydrogens (tertiary/aromatic N) is 2. The van der Waals surface area contributed by atoms with Crippen molar-refractivity contribution < 1.29 is 0 Å². The van der Waals surface area contributed by atoms with Crippen LogP contribution >= 0.6 is 15.9 Å². The minimum absolute atomic E-state index is 0.770. The van der Waals surface area contributed by atoms with Crippen molar-refractivity contribution in [3.8, 4) is 11.3 Å². The van der Waals surface area contributed by atoms with E-state index in [1.54, 1.807) is 18.6 Å². The molecule has 1 aromatic carbocycles. The summed E-state index contributed by atoms with van der Waals surface area (Å²) in [6.45, 7) is 0.770. The summed E-state index contributed by atoms with van der Waals surface area (Å²) in [5.74, 6) is 0. The Labute approximate surface area is 125 Å². The molecule has 2 aromatic heterocycles. The van der Waals surface area contributed by atoms with Crippen LogP contribution in [0.15, 0.2) is 59.5 Å². The molecule has 0 atom stereocenters. The molecular weight excluding hydrogens is 316 g/mol. The third-order valence-electron chi connectivity index (χ3n) is 3.02. The predicted octanol–water partition coefficient (Wildman–Crippen LogP) is 3.85. The van der Waals surface area contributed by atoms with Crippen molar-refractivity contribution >= 4 is 21.6 Å². The zero-order chi connectivity index (χ0) is 13.8. The molecule has 2 N–H and O–H groups in total. The van der Waals surface area contributed by atoms with Gasteiger partial charge in [0.05, 0.1) is 15.9 Å². The number of hydrogen-bond donors (Lipinski definition) is 2. The van der Waals surface area contributed by atoms with Gasteiger partial charge in [0.1, 0.15) is 0 Å². The van der Waals surface area contributed by atoms with Gasteiger partial charge >= 0.3 is 0 Å². The van der Waals surface area contributed by atoms with Gasteiger partial charge in [0, 0.05) is 25.1 Å². The van der Waals surface area contributed by atoms with Crippen LogP contribution in [0.1, 0.15) is 5.56 Å². The topological polar surface area (TPSA) is 53.6 Å². The first-order valence-electron chi connectivity index (χ1n) is 6.25. The molecule has 0 spiro atoms. The van der Waals surface area contributed by atoms with Crippen molar-refractivity contribution in [1.82, 2.24) is 15.2 Å². The van der Waals surface area contributed by atoms with E-state index in [0.29, 0.717) is 0 Å². The van der Waals surface area contributed by atoms with E-state index < -0.39 is 0 Å². The highest BCUT2D eigenvalue weighted by atomic mass is 79.9. The summed E-state index contributed by atoms with van der Waals surface area (Å²) in [6, 6.07) is 12.3. The Balaban J connectivity index is 1.68. The first kappa shape index (κ1) is 12.9. The lowest BCUT2D eigenvalue weighted by Gasteiger charge is -2.08. The Morgan fingerprint density at radius 3 is 2.60 bits per heavy atom. The van der Waals surface area contributed by atoms with E-state index in [9.17, 15) is 0 Å². The highest BCUT2D eigenvalue weighted by Crippen LogP contribution is 2.21. The first-order chi connectivity index (χ1) is 9.83. The fraction of sp³-hybridized carbons (Fsp3) is 0.0667. The minimum atomic E-state index is 0.770. The molecule has 5 heteroatoms. The lowest BCUT2D eigenvalue weighted by molar-refractivity contribution is 1.09. The molecule has 0 bridgehead atoms. The first-order valence-corrected chi connectivity index (χ1v) is 7.04. The lowest BCUT2D eigenvalue weighted by atomic mass is 10.1. The van der Waals surface area contributed by atoms with Crippen LogP contribution in [0.3, 0.4) is 0 Å². The molecule has 100 valence electrons. The van der Waals surface area contributed by atoms with Gasteiger partial charge < -0.3 is 5.32 Å². The number of aromatic amines is 1. The van der Waals surface area contributed by atoms with Crippen molar-refractivity contribution in [2.24, 2.45) is 0 Å². The van der Waals surface area contributed by atoms with Gasteiger partial charge in [0.2, 0.25) is 0 Å². The van der Waals surface area contributed by atoms with E-state index in [4.69, 9.17) is 0 Å². The van der Waals surface area contributed by atoms with Gasteiger partial charge in [-0.3, -0.25) is 10.1 Å². The second-order valence-electron chi connectivity index (χ2n) is 4.38. The minimum Gasteiger partial charge on any atom is -0.380 e. The number of halogens is 1. The van der Waals surface area contributed by atoms with Crippen LogP contribution in [0.25, 0.3) is 11.3 Å². The maximum absolute atomic E-state index is 4.04. The SMILES string of the molecule is Brc1cnccc1NCc1ccc(-c2ccn[nH]2)cc1. The monoisotopic (exact) mass is 328 g/mol. The number of anilines is 1. The van der Waals surface area contributed by atoms with Crippen molar-refractivity contribution in [1.29, 1.82) is 0 Å². The van der Waals surface area contributed by atoms with Crippen molar-refractivity contribution in [3.63, 3.8) is 0 Å². The summed E-state index contributed by atoms with van der Waals surface area (Å²) in [5.41, 5.74) is 4.42. The van der Waals surface area contributed by atoms with Gasteiger partial charge in [-0.25, -0.2) is 0 Å². The summed E-state index contributed by atoms with van der Waals surface area (Å²) >= 11 is 3.47. The van der Waals surface area contributed by atoms with Gasteiger partial charge in [-0.1, -0.05) is 24.3 Å². The third kappa shape index (κ3) is 2.88. The zero-order valence-electron chi connectivity index (χ0n) is 10.7. The predicted molar refractivity (Wildman–Crippen MR) is 83.3 cm³/mol. The smallest absolute Gasteiger partial charge is 0.0650 e. The number of rotatable bonds is 4. The van der Waals surface area contributed by atoms with E-state index in [1.807, 2.05) is 12.1 Å². The molecule has 0 aliphatic heterocycles. The van der Waals surface area contributed by atoms with E-state index >= 15 is 0 Å². The molecule has 0 amide bonds. The average Bonchev–Trinajstić information content (AvgIpc) is 3.01. The molecule has 0 saturated carbocycles. The summed E-state index contributed by atoms with van der Waals surface area (Å²) in [4.78, 5) is 4.04. The molecule has 20 heavy (non-hydrogen) atoms. The van der Waals surface area contributed by atoms with E-state index in [1.165, 1.54) is 5.56 Å². The second-order valence-corrected chi connectivity index (χ2v) is 5.23. The number of benzene rings is 1. The molecular formula is C15H13BrN4. The van der Waals surface area contributed by atoms with E-state index in [0.717, 1.165) is 28.0 Å². The molecule has 0 aliphatic rings. The zero-order valence-corrected chi connectivity index (χ0v) is 12.3. The largest absolute Gasteiger partial charge is 0.380 e. The summed E-state index contributed by atoms with van der Waals surface area (Å²) in [6.07, 6.45) is 5.31. The standard InChI is InChI=1S/C15H13BrN4/c16-13-10-17-7-5-15(13)18-9-11-1-3-12(4-2-11)14-6-8-19-20-14/h1-8,10H,9H2,(H,17,18)(H,19,20). The lowest BCUT2D eigenvalue weighted by Crippen LogP contribution is -2.00. The van der Waals surface area contributed by atoms with Crippen molar-refractivity contribution in [2.75, 3.05) is 5.32 Å². The molecule has 3 aromatic rings. The maximum Gasteiger partial charge on any atom is 0.0650 e. The quantitative estimate of drug-likeness (QED) is 0.764. The van der Waals surface area contributed by atoms with Crippen LogP contribution in [0.2, 0.25) is 0 Å². The molecule has 0 unspecified atom stereocenters. The number of H-pyrrole nitrogens is 1. The van der Waals surface area contributed by atoms with Gasteiger partial charge in [-0.15, -0.1) is 0 Å². The van der Waals surface area contributed by atoms with Crippen LogP contribution in [0.4, 0.5) is 5.69 Å².